The third-order valence-corrected chi connectivity index (χ3v) is 2.76. The lowest BCUT2D eigenvalue weighted by molar-refractivity contribution is 0.589. The summed E-state index contributed by atoms with van der Waals surface area (Å²) in [6.45, 7) is 0.776. The molecule has 0 amide bonds. The zero-order valence-electron chi connectivity index (χ0n) is 8.07. The summed E-state index contributed by atoms with van der Waals surface area (Å²) in [5.41, 5.74) is 0. The fourth-order valence-electron chi connectivity index (χ4n) is 0.860. The third-order valence-electron chi connectivity index (χ3n) is 1.45. The molecule has 8 heteroatoms. The van der Waals surface area contributed by atoms with Crippen LogP contribution in [0.1, 0.15) is 0 Å². The van der Waals surface area contributed by atoms with Crippen LogP contribution in [0.5, 0.6) is 0 Å². The summed E-state index contributed by atoms with van der Waals surface area (Å²) in [6, 6.07) is 0. The molecule has 1 heterocycles. The molecule has 15 heavy (non-hydrogen) atoms. The maximum Gasteiger partial charge on any atom is 0.208 e. The number of hydrogen-bond acceptors (Lipinski definition) is 5. The fourth-order valence-corrected chi connectivity index (χ4v) is 1.69. The summed E-state index contributed by atoms with van der Waals surface area (Å²) in [6.07, 6.45) is 4.14. The lowest BCUT2D eigenvalue weighted by atomic mass is 10.5. The first-order valence-electron chi connectivity index (χ1n) is 4.13. The molecule has 1 aromatic heterocycles. The highest BCUT2D eigenvalue weighted by molar-refractivity contribution is 9.10. The van der Waals surface area contributed by atoms with Gasteiger partial charge in [0, 0.05) is 19.3 Å². The summed E-state index contributed by atoms with van der Waals surface area (Å²) in [7, 11) is -3.12. The number of rotatable bonds is 5. The average molecular weight is 295 g/mol. The molecule has 0 atom stereocenters. The van der Waals surface area contributed by atoms with E-state index in [-0.39, 0.29) is 0 Å². The second-order valence-corrected chi connectivity index (χ2v) is 5.50. The monoisotopic (exact) mass is 294 g/mol. The van der Waals surface area contributed by atoms with Crippen LogP contribution in [0, 0.1) is 0 Å². The van der Waals surface area contributed by atoms with Crippen LogP contribution < -0.4 is 10.0 Å². The van der Waals surface area contributed by atoms with E-state index < -0.39 is 10.0 Å². The van der Waals surface area contributed by atoms with Crippen molar-refractivity contribution in [3.8, 4) is 0 Å². The number of anilines is 1. The Morgan fingerprint density at radius 2 is 2.20 bits per heavy atom. The van der Waals surface area contributed by atoms with Gasteiger partial charge in [-0.05, 0) is 15.9 Å². The number of halogens is 1. The molecule has 6 nitrogen and oxygen atoms in total. The van der Waals surface area contributed by atoms with Gasteiger partial charge in [0.25, 0.3) is 0 Å². The van der Waals surface area contributed by atoms with Crippen LogP contribution in [0.25, 0.3) is 0 Å². The average Bonchev–Trinajstić information content (AvgIpc) is 2.13. The van der Waals surface area contributed by atoms with Crippen molar-refractivity contribution in [3.63, 3.8) is 0 Å². The zero-order valence-corrected chi connectivity index (χ0v) is 10.5. The molecule has 1 aromatic rings. The van der Waals surface area contributed by atoms with Crippen molar-refractivity contribution in [1.29, 1.82) is 0 Å². The maximum atomic E-state index is 10.7. The zero-order chi connectivity index (χ0) is 11.3. The Balaban J connectivity index is 2.36. The first-order chi connectivity index (χ1) is 6.99. The highest BCUT2D eigenvalue weighted by Crippen LogP contribution is 2.16. The van der Waals surface area contributed by atoms with E-state index in [2.05, 4.69) is 35.9 Å². The standard InChI is InChI=1S/C7H11BrN4O2S/c1-15(13,14)12-3-2-10-7-6(8)4-9-5-11-7/h4-5,12H,2-3H2,1H3,(H,9,10,11). The highest BCUT2D eigenvalue weighted by Gasteiger charge is 2.01. The van der Waals surface area contributed by atoms with Crippen molar-refractivity contribution in [3.05, 3.63) is 17.0 Å². The number of sulfonamides is 1. The van der Waals surface area contributed by atoms with Gasteiger partial charge in [0.1, 0.15) is 12.1 Å². The molecule has 0 radical (unpaired) electrons. The molecular formula is C7H11BrN4O2S. The molecule has 0 saturated carbocycles. The van der Waals surface area contributed by atoms with Crippen LogP contribution in [0.15, 0.2) is 17.0 Å². The molecule has 1 rings (SSSR count). The number of nitrogens with zero attached hydrogens (tertiary/aromatic N) is 2. The minimum Gasteiger partial charge on any atom is -0.368 e. The largest absolute Gasteiger partial charge is 0.368 e. The predicted octanol–water partition coefficient (Wildman–Crippen LogP) is 0.200. The maximum absolute atomic E-state index is 10.7. The molecule has 0 fully saturated rings. The van der Waals surface area contributed by atoms with E-state index in [1.54, 1.807) is 6.20 Å². The molecule has 0 saturated heterocycles. The molecular weight excluding hydrogens is 284 g/mol. The second kappa shape index (κ2) is 5.38. The van der Waals surface area contributed by atoms with Crippen LogP contribution >= 0.6 is 15.9 Å². The minimum atomic E-state index is -3.12. The van der Waals surface area contributed by atoms with Crippen molar-refractivity contribution in [1.82, 2.24) is 14.7 Å². The van der Waals surface area contributed by atoms with Gasteiger partial charge in [-0.2, -0.15) is 0 Å². The van der Waals surface area contributed by atoms with Crippen molar-refractivity contribution in [2.45, 2.75) is 0 Å². The van der Waals surface area contributed by atoms with Crippen LogP contribution in [0.3, 0.4) is 0 Å². The Bertz CT molecular complexity index is 423. The van der Waals surface area contributed by atoms with E-state index in [4.69, 9.17) is 0 Å². The second-order valence-electron chi connectivity index (χ2n) is 2.81. The van der Waals surface area contributed by atoms with Gasteiger partial charge < -0.3 is 5.32 Å². The predicted molar refractivity (Wildman–Crippen MR) is 61.1 cm³/mol. The van der Waals surface area contributed by atoms with Crippen molar-refractivity contribution in [2.75, 3.05) is 24.7 Å². The van der Waals surface area contributed by atoms with E-state index >= 15 is 0 Å². The number of aromatic nitrogens is 2. The van der Waals surface area contributed by atoms with Gasteiger partial charge >= 0.3 is 0 Å². The summed E-state index contributed by atoms with van der Waals surface area (Å²) in [4.78, 5) is 7.77. The molecule has 0 bridgehead atoms. The number of nitrogens with one attached hydrogen (secondary N) is 2. The third kappa shape index (κ3) is 5.05. The van der Waals surface area contributed by atoms with Crippen molar-refractivity contribution >= 4 is 31.8 Å². The molecule has 0 aliphatic heterocycles. The smallest absolute Gasteiger partial charge is 0.208 e. The first-order valence-corrected chi connectivity index (χ1v) is 6.81. The van der Waals surface area contributed by atoms with E-state index in [0.29, 0.717) is 18.9 Å². The van der Waals surface area contributed by atoms with E-state index in [0.717, 1.165) is 10.7 Å². The molecule has 84 valence electrons. The Morgan fingerprint density at radius 1 is 1.47 bits per heavy atom. The summed E-state index contributed by atoms with van der Waals surface area (Å²) in [5.74, 6) is 0.639. The first kappa shape index (κ1) is 12.3. The Morgan fingerprint density at radius 3 is 2.80 bits per heavy atom. The molecule has 0 aromatic carbocycles. The van der Waals surface area contributed by atoms with Crippen LogP contribution in [-0.2, 0) is 10.0 Å². The van der Waals surface area contributed by atoms with Gasteiger partial charge in [0.15, 0.2) is 0 Å². The van der Waals surface area contributed by atoms with Gasteiger partial charge in [0.05, 0.1) is 10.7 Å². The lowest BCUT2D eigenvalue weighted by Crippen LogP contribution is -2.27. The SMILES string of the molecule is CS(=O)(=O)NCCNc1ncncc1Br. The molecule has 0 spiro atoms. The van der Waals surface area contributed by atoms with Crippen molar-refractivity contribution < 1.29 is 8.42 Å². The molecule has 2 N–H and O–H groups in total. The quantitative estimate of drug-likeness (QED) is 0.758. The highest BCUT2D eigenvalue weighted by atomic mass is 79.9. The molecule has 0 aliphatic rings. The van der Waals surface area contributed by atoms with Crippen LogP contribution in [0.2, 0.25) is 0 Å². The molecule has 0 unspecified atom stereocenters. The van der Waals surface area contributed by atoms with Gasteiger partial charge in [-0.25, -0.2) is 23.1 Å². The van der Waals surface area contributed by atoms with Gasteiger partial charge in [0.2, 0.25) is 10.0 Å². The lowest BCUT2D eigenvalue weighted by Gasteiger charge is -2.06. The summed E-state index contributed by atoms with van der Waals surface area (Å²) in [5, 5.41) is 2.96. The van der Waals surface area contributed by atoms with Crippen LogP contribution in [0.4, 0.5) is 5.82 Å². The summed E-state index contributed by atoms with van der Waals surface area (Å²) >= 11 is 3.26. The fraction of sp³-hybridized carbons (Fsp3) is 0.429. The van der Waals surface area contributed by atoms with Crippen molar-refractivity contribution in [2.24, 2.45) is 0 Å². The van der Waals surface area contributed by atoms with E-state index in [1.165, 1.54) is 6.33 Å². The van der Waals surface area contributed by atoms with E-state index in [9.17, 15) is 8.42 Å². The van der Waals surface area contributed by atoms with Gasteiger partial charge in [-0.1, -0.05) is 0 Å². The Hall–Kier alpha value is -0.730. The topological polar surface area (TPSA) is 84.0 Å². The van der Waals surface area contributed by atoms with Crippen LogP contribution in [-0.4, -0.2) is 37.7 Å². The Kier molecular flexibility index (Phi) is 4.43. The Labute approximate surface area is 96.7 Å². The van der Waals surface area contributed by atoms with E-state index in [1.807, 2.05) is 0 Å². The molecule has 0 aliphatic carbocycles. The number of hydrogen-bond donors (Lipinski definition) is 2. The normalized spacial score (nSPS) is 11.3. The summed E-state index contributed by atoms with van der Waals surface area (Å²) < 4.78 is 24.6. The van der Waals surface area contributed by atoms with Gasteiger partial charge in [-0.15, -0.1) is 0 Å². The van der Waals surface area contributed by atoms with Gasteiger partial charge in [-0.3, -0.25) is 0 Å². The minimum absolute atomic E-state index is 0.315.